The Morgan fingerprint density at radius 2 is 1.73 bits per heavy atom. The van der Waals surface area contributed by atoms with Crippen LogP contribution in [0.1, 0.15) is 5.56 Å². The zero-order valence-electron chi connectivity index (χ0n) is 7.10. The first-order chi connectivity index (χ1) is 6.91. The van der Waals surface area contributed by atoms with Crippen LogP contribution in [0.2, 0.25) is 0 Å². The molecule has 15 heavy (non-hydrogen) atoms. The van der Waals surface area contributed by atoms with Gasteiger partial charge in [-0.25, -0.2) is 4.79 Å². The molecule has 80 valence electrons. The summed E-state index contributed by atoms with van der Waals surface area (Å²) >= 11 is 6.26. The molecule has 0 aromatic heterocycles. The van der Waals surface area contributed by atoms with Gasteiger partial charge in [0, 0.05) is 16.3 Å². The van der Waals surface area contributed by atoms with E-state index in [-0.39, 0.29) is 0 Å². The molecule has 0 saturated carbocycles. The molecule has 0 aliphatic rings. The van der Waals surface area contributed by atoms with Crippen molar-refractivity contribution in [3.05, 3.63) is 34.2 Å². The fourth-order valence-corrected chi connectivity index (χ4v) is 4.77. The van der Waals surface area contributed by atoms with Crippen LogP contribution in [0.3, 0.4) is 0 Å². The van der Waals surface area contributed by atoms with Crippen LogP contribution in [-0.4, -0.2) is 11.1 Å². The standard InChI is InChI=1S/C9H4FI3O2/c10-6(9(14)15)3-5-7(12)1-4(11)2-8(5)13/h1-3H,(H,14,15). The monoisotopic (exact) mass is 544 g/mol. The normalized spacial score (nSPS) is 11.6. The Balaban J connectivity index is 3.27. The molecule has 0 aliphatic heterocycles. The second-order valence-electron chi connectivity index (χ2n) is 2.58. The maximum Gasteiger partial charge on any atom is 0.364 e. The maximum absolute atomic E-state index is 12.9. The van der Waals surface area contributed by atoms with Crippen molar-refractivity contribution in [2.75, 3.05) is 0 Å². The predicted octanol–water partition coefficient (Wildman–Crippen LogP) is 3.90. The second-order valence-corrected chi connectivity index (χ2v) is 6.15. The maximum atomic E-state index is 12.9. The van der Waals surface area contributed by atoms with E-state index >= 15 is 0 Å². The molecule has 0 saturated heterocycles. The van der Waals surface area contributed by atoms with Gasteiger partial charge in [0.25, 0.3) is 0 Å². The SMILES string of the molecule is O=C(O)C(F)=Cc1c(I)cc(I)cc1I. The number of aliphatic carboxylic acids is 1. The highest BCUT2D eigenvalue weighted by atomic mass is 127. The number of hydrogen-bond donors (Lipinski definition) is 1. The molecule has 0 heterocycles. The highest BCUT2D eigenvalue weighted by molar-refractivity contribution is 14.1. The van der Waals surface area contributed by atoms with Gasteiger partial charge in [-0.15, -0.1) is 0 Å². The molecule has 2 nitrogen and oxygen atoms in total. The van der Waals surface area contributed by atoms with Crippen molar-refractivity contribution >= 4 is 79.8 Å². The number of rotatable bonds is 2. The van der Waals surface area contributed by atoms with E-state index in [9.17, 15) is 9.18 Å². The van der Waals surface area contributed by atoms with Crippen LogP contribution in [0.5, 0.6) is 0 Å². The Bertz CT molecular complexity index is 420. The molecule has 1 aromatic rings. The molecular formula is C9H4FI3O2. The summed E-state index contributed by atoms with van der Waals surface area (Å²) in [5.41, 5.74) is 0.608. The zero-order valence-corrected chi connectivity index (χ0v) is 13.6. The van der Waals surface area contributed by atoms with E-state index in [1.54, 1.807) is 0 Å². The third kappa shape index (κ3) is 3.80. The van der Waals surface area contributed by atoms with Gasteiger partial charge in [0.1, 0.15) is 0 Å². The molecule has 1 N–H and O–H groups in total. The summed E-state index contributed by atoms with van der Waals surface area (Å²) in [6, 6.07) is 3.73. The van der Waals surface area contributed by atoms with Gasteiger partial charge >= 0.3 is 5.97 Å². The molecule has 6 heteroatoms. The molecule has 0 bridgehead atoms. The molecule has 0 spiro atoms. The van der Waals surface area contributed by atoms with Crippen LogP contribution in [0, 0.1) is 10.7 Å². The van der Waals surface area contributed by atoms with Crippen molar-refractivity contribution in [2.24, 2.45) is 0 Å². The van der Waals surface area contributed by atoms with Gasteiger partial charge in [0.15, 0.2) is 0 Å². The lowest BCUT2D eigenvalue weighted by molar-refractivity contribution is -0.134. The quantitative estimate of drug-likeness (QED) is 0.454. The lowest BCUT2D eigenvalue weighted by Crippen LogP contribution is -1.96. The fourth-order valence-electron chi connectivity index (χ4n) is 0.880. The van der Waals surface area contributed by atoms with Gasteiger partial charge in [0.2, 0.25) is 5.83 Å². The Labute approximate surface area is 127 Å². The Hall–Kier alpha value is 0.550. The summed E-state index contributed by atoms with van der Waals surface area (Å²) in [6.45, 7) is 0. The summed E-state index contributed by atoms with van der Waals surface area (Å²) in [7, 11) is 0. The molecule has 0 unspecified atom stereocenters. The topological polar surface area (TPSA) is 37.3 Å². The molecular weight excluding hydrogens is 540 g/mol. The molecule has 0 aliphatic carbocycles. The first kappa shape index (κ1) is 13.6. The van der Waals surface area contributed by atoms with Gasteiger partial charge in [-0.2, -0.15) is 4.39 Å². The summed E-state index contributed by atoms with van der Waals surface area (Å²) in [6.07, 6.45) is 1.04. The van der Waals surface area contributed by atoms with E-state index in [1.807, 2.05) is 12.1 Å². The van der Waals surface area contributed by atoms with Gasteiger partial charge < -0.3 is 5.11 Å². The zero-order chi connectivity index (χ0) is 11.6. The van der Waals surface area contributed by atoms with Gasteiger partial charge in [-0.1, -0.05) is 0 Å². The minimum atomic E-state index is -1.54. The third-order valence-corrected chi connectivity index (χ3v) is 3.93. The number of carbonyl (C=O) groups is 1. The van der Waals surface area contributed by atoms with Gasteiger partial charge in [-0.3, -0.25) is 0 Å². The summed E-state index contributed by atoms with van der Waals surface area (Å²) in [5, 5.41) is 8.43. The average molecular weight is 544 g/mol. The molecule has 0 fully saturated rings. The number of halogens is 4. The van der Waals surface area contributed by atoms with Crippen LogP contribution in [0.25, 0.3) is 6.08 Å². The van der Waals surface area contributed by atoms with Crippen molar-refractivity contribution in [3.63, 3.8) is 0 Å². The largest absolute Gasteiger partial charge is 0.476 e. The molecule has 1 rings (SSSR count). The van der Waals surface area contributed by atoms with Gasteiger partial charge in [0.05, 0.1) is 0 Å². The number of hydrogen-bond acceptors (Lipinski definition) is 1. The minimum Gasteiger partial charge on any atom is -0.476 e. The van der Waals surface area contributed by atoms with Crippen LogP contribution in [0.4, 0.5) is 4.39 Å². The van der Waals surface area contributed by atoms with Crippen LogP contribution < -0.4 is 0 Å². The van der Waals surface area contributed by atoms with E-state index < -0.39 is 11.8 Å². The van der Waals surface area contributed by atoms with E-state index in [2.05, 4.69) is 67.8 Å². The van der Waals surface area contributed by atoms with Crippen molar-refractivity contribution in [2.45, 2.75) is 0 Å². The van der Waals surface area contributed by atoms with E-state index in [0.717, 1.165) is 16.8 Å². The van der Waals surface area contributed by atoms with Gasteiger partial charge in [-0.05, 0) is 86.0 Å². The Kier molecular flexibility index (Phi) is 5.22. The van der Waals surface area contributed by atoms with E-state index in [4.69, 9.17) is 5.11 Å². The van der Waals surface area contributed by atoms with Crippen molar-refractivity contribution in [1.29, 1.82) is 0 Å². The number of benzene rings is 1. The summed E-state index contributed by atoms with van der Waals surface area (Å²) in [5.74, 6) is -2.69. The average Bonchev–Trinajstić information content (AvgIpc) is 2.10. The first-order valence-electron chi connectivity index (χ1n) is 3.67. The van der Waals surface area contributed by atoms with E-state index in [1.165, 1.54) is 0 Å². The molecule has 1 aromatic carbocycles. The Morgan fingerprint density at radius 1 is 1.27 bits per heavy atom. The highest BCUT2D eigenvalue weighted by Gasteiger charge is 2.10. The highest BCUT2D eigenvalue weighted by Crippen LogP contribution is 2.25. The smallest absolute Gasteiger partial charge is 0.364 e. The fraction of sp³-hybridized carbons (Fsp3) is 0. The number of carboxylic acids is 1. The van der Waals surface area contributed by atoms with Crippen molar-refractivity contribution < 1.29 is 14.3 Å². The van der Waals surface area contributed by atoms with Crippen LogP contribution >= 0.6 is 67.8 Å². The minimum absolute atomic E-state index is 0.608. The molecule has 0 amide bonds. The van der Waals surface area contributed by atoms with Crippen LogP contribution in [-0.2, 0) is 4.79 Å². The van der Waals surface area contributed by atoms with Crippen molar-refractivity contribution in [3.8, 4) is 0 Å². The lowest BCUT2D eigenvalue weighted by Gasteiger charge is -2.03. The molecule has 0 radical (unpaired) electrons. The summed E-state index contributed by atoms with van der Waals surface area (Å²) < 4.78 is 15.6. The predicted molar refractivity (Wildman–Crippen MR) is 81.3 cm³/mol. The van der Waals surface area contributed by atoms with E-state index in [0.29, 0.717) is 5.56 Å². The second kappa shape index (κ2) is 5.75. The van der Waals surface area contributed by atoms with Crippen molar-refractivity contribution in [1.82, 2.24) is 0 Å². The Morgan fingerprint density at radius 3 is 2.13 bits per heavy atom. The third-order valence-electron chi connectivity index (χ3n) is 1.52. The first-order valence-corrected chi connectivity index (χ1v) is 6.90. The van der Waals surface area contributed by atoms with Crippen LogP contribution in [0.15, 0.2) is 18.0 Å². The lowest BCUT2D eigenvalue weighted by atomic mass is 10.2. The summed E-state index contributed by atoms with van der Waals surface area (Å²) in [4.78, 5) is 10.3. The molecule has 0 atom stereocenters. The number of carboxylic acid groups (broad SMARTS) is 1.